The van der Waals surface area contributed by atoms with E-state index in [2.05, 4.69) is 10.6 Å². The summed E-state index contributed by atoms with van der Waals surface area (Å²) in [6.45, 7) is 5.46. The summed E-state index contributed by atoms with van der Waals surface area (Å²) in [7, 11) is 1.45. The lowest BCUT2D eigenvalue weighted by Crippen LogP contribution is -2.36. The van der Waals surface area contributed by atoms with Gasteiger partial charge in [0.15, 0.2) is 18.1 Å². The van der Waals surface area contributed by atoms with E-state index in [1.165, 1.54) is 13.2 Å². The number of carbonyl (C=O) groups excluding carboxylic acids is 4. The number of hydrogen-bond acceptors (Lipinski definition) is 8. The number of benzene rings is 3. The lowest BCUT2D eigenvalue weighted by molar-refractivity contribution is -0.127. The second-order valence-corrected chi connectivity index (χ2v) is 10.2. The first-order valence-electron chi connectivity index (χ1n) is 13.1. The minimum absolute atomic E-state index is 0.169. The molecular formula is C31H31N3O7S. The summed E-state index contributed by atoms with van der Waals surface area (Å²) in [6, 6.07) is 17.5. The summed E-state index contributed by atoms with van der Waals surface area (Å²) in [6.07, 6.45) is 1.54. The molecule has 3 aromatic rings. The first kappa shape index (κ1) is 30.2. The van der Waals surface area contributed by atoms with Crippen molar-refractivity contribution < 1.29 is 33.4 Å². The van der Waals surface area contributed by atoms with Gasteiger partial charge in [-0.3, -0.25) is 24.1 Å². The van der Waals surface area contributed by atoms with E-state index in [0.29, 0.717) is 40.8 Å². The largest absolute Gasteiger partial charge is 0.493 e. The van der Waals surface area contributed by atoms with Crippen LogP contribution >= 0.6 is 11.8 Å². The van der Waals surface area contributed by atoms with Crippen molar-refractivity contribution in [2.24, 2.45) is 0 Å². The van der Waals surface area contributed by atoms with Gasteiger partial charge in [0.1, 0.15) is 12.3 Å². The zero-order valence-electron chi connectivity index (χ0n) is 23.7. The highest BCUT2D eigenvalue weighted by molar-refractivity contribution is 8.18. The van der Waals surface area contributed by atoms with E-state index in [-0.39, 0.29) is 17.4 Å². The van der Waals surface area contributed by atoms with Gasteiger partial charge in [-0.15, -0.1) is 0 Å². The number of imide groups is 1. The first-order valence-corrected chi connectivity index (χ1v) is 14.0. The number of aryl methyl sites for hydroxylation is 1. The van der Waals surface area contributed by atoms with Gasteiger partial charge in [-0.1, -0.05) is 30.3 Å². The predicted octanol–water partition coefficient (Wildman–Crippen LogP) is 5.40. The molecule has 1 aliphatic rings. The zero-order chi connectivity index (χ0) is 30.2. The van der Waals surface area contributed by atoms with Gasteiger partial charge in [-0.05, 0) is 85.6 Å². The molecule has 0 saturated carbocycles. The molecule has 11 heteroatoms. The van der Waals surface area contributed by atoms with Crippen molar-refractivity contribution in [1.82, 2.24) is 4.90 Å². The fourth-order valence-electron chi connectivity index (χ4n) is 4.08. The van der Waals surface area contributed by atoms with Crippen molar-refractivity contribution in [3.63, 3.8) is 0 Å². The van der Waals surface area contributed by atoms with Crippen molar-refractivity contribution in [3.05, 3.63) is 82.3 Å². The van der Waals surface area contributed by atoms with Gasteiger partial charge in [0.25, 0.3) is 17.1 Å². The molecule has 0 unspecified atom stereocenters. The number of nitrogens with one attached hydrogen (secondary N) is 2. The van der Waals surface area contributed by atoms with Crippen LogP contribution < -0.4 is 24.8 Å². The molecule has 0 spiro atoms. The molecule has 42 heavy (non-hydrogen) atoms. The summed E-state index contributed by atoms with van der Waals surface area (Å²) in [5.41, 5.74) is 3.66. The summed E-state index contributed by atoms with van der Waals surface area (Å²) < 4.78 is 16.6. The quantitative estimate of drug-likeness (QED) is 0.285. The maximum absolute atomic E-state index is 13.0. The Bertz CT molecular complexity index is 1550. The van der Waals surface area contributed by atoms with Crippen LogP contribution in [0.4, 0.5) is 16.2 Å². The molecule has 0 aromatic heterocycles. The number of rotatable bonds is 11. The number of anilines is 2. The topological polar surface area (TPSA) is 123 Å². The number of thioether (sulfide) groups is 1. The second kappa shape index (κ2) is 13.7. The summed E-state index contributed by atoms with van der Waals surface area (Å²) in [4.78, 5) is 51.7. The third-order valence-corrected chi connectivity index (χ3v) is 7.27. The first-order chi connectivity index (χ1) is 20.2. The third-order valence-electron chi connectivity index (χ3n) is 6.36. The van der Waals surface area contributed by atoms with E-state index in [9.17, 15) is 19.2 Å². The van der Waals surface area contributed by atoms with Crippen LogP contribution in [-0.4, -0.2) is 54.7 Å². The summed E-state index contributed by atoms with van der Waals surface area (Å²) in [5, 5.41) is 4.99. The van der Waals surface area contributed by atoms with Gasteiger partial charge in [-0.2, -0.15) is 0 Å². The van der Waals surface area contributed by atoms with Crippen molar-refractivity contribution in [1.29, 1.82) is 0 Å². The van der Waals surface area contributed by atoms with Gasteiger partial charge in [-0.25, -0.2) is 0 Å². The van der Waals surface area contributed by atoms with Crippen LogP contribution in [-0.2, 0) is 14.4 Å². The van der Waals surface area contributed by atoms with Crippen LogP contribution in [0.1, 0.15) is 23.6 Å². The average Bonchev–Trinajstić information content (AvgIpc) is 3.23. The van der Waals surface area contributed by atoms with E-state index < -0.39 is 23.6 Å². The zero-order valence-corrected chi connectivity index (χ0v) is 24.5. The minimum Gasteiger partial charge on any atom is -0.493 e. The molecule has 0 atom stereocenters. The normalized spacial score (nSPS) is 13.7. The minimum atomic E-state index is -0.565. The Morgan fingerprint density at radius 2 is 1.62 bits per heavy atom. The lowest BCUT2D eigenvalue weighted by Gasteiger charge is -2.14. The summed E-state index contributed by atoms with van der Waals surface area (Å²) >= 11 is 0.751. The van der Waals surface area contributed by atoms with E-state index in [1.54, 1.807) is 42.5 Å². The molecule has 218 valence electrons. The van der Waals surface area contributed by atoms with Crippen LogP contribution in [0.15, 0.2) is 65.6 Å². The van der Waals surface area contributed by atoms with E-state index >= 15 is 0 Å². The number of nitrogens with zero attached hydrogens (tertiary/aromatic N) is 1. The maximum atomic E-state index is 13.0. The molecule has 3 aromatic carbocycles. The van der Waals surface area contributed by atoms with Crippen molar-refractivity contribution in [2.75, 3.05) is 37.5 Å². The van der Waals surface area contributed by atoms with Crippen LogP contribution in [0.3, 0.4) is 0 Å². The van der Waals surface area contributed by atoms with Crippen LogP contribution in [0.25, 0.3) is 6.08 Å². The fraction of sp³-hybridized carbons (Fsp3) is 0.226. The van der Waals surface area contributed by atoms with Crippen molar-refractivity contribution in [2.45, 2.75) is 20.8 Å². The van der Waals surface area contributed by atoms with Crippen LogP contribution in [0.5, 0.6) is 17.2 Å². The molecule has 10 nitrogen and oxygen atoms in total. The van der Waals surface area contributed by atoms with Gasteiger partial charge < -0.3 is 24.8 Å². The fourth-order valence-corrected chi connectivity index (χ4v) is 4.92. The molecule has 4 rings (SSSR count). The number of amides is 4. The molecule has 4 amide bonds. The van der Waals surface area contributed by atoms with Crippen LogP contribution in [0, 0.1) is 13.8 Å². The van der Waals surface area contributed by atoms with Gasteiger partial charge in [0.05, 0.1) is 24.3 Å². The Kier molecular flexibility index (Phi) is 9.87. The lowest BCUT2D eigenvalue weighted by atomic mass is 10.1. The highest BCUT2D eigenvalue weighted by Gasteiger charge is 2.36. The predicted molar refractivity (Wildman–Crippen MR) is 162 cm³/mol. The number of hydrogen-bond donors (Lipinski definition) is 2. The Labute approximate surface area is 248 Å². The van der Waals surface area contributed by atoms with E-state index in [0.717, 1.165) is 27.8 Å². The van der Waals surface area contributed by atoms with Crippen molar-refractivity contribution >= 4 is 52.2 Å². The molecule has 2 N–H and O–H groups in total. The van der Waals surface area contributed by atoms with E-state index in [4.69, 9.17) is 14.2 Å². The molecule has 1 heterocycles. The molecule has 1 saturated heterocycles. The monoisotopic (exact) mass is 589 g/mol. The number of methoxy groups -OCH3 is 1. The molecule has 1 fully saturated rings. The Balaban J connectivity index is 1.39. The maximum Gasteiger partial charge on any atom is 0.294 e. The Morgan fingerprint density at radius 1 is 0.881 bits per heavy atom. The number of carbonyl (C=O) groups is 4. The molecule has 0 bridgehead atoms. The van der Waals surface area contributed by atoms with Crippen LogP contribution in [0.2, 0.25) is 0 Å². The number of para-hydroxylation sites is 2. The van der Waals surface area contributed by atoms with Crippen molar-refractivity contribution in [3.8, 4) is 17.2 Å². The number of ether oxygens (including phenoxy) is 3. The Hall–Kier alpha value is -4.77. The third kappa shape index (κ3) is 7.29. The van der Waals surface area contributed by atoms with E-state index in [1.807, 2.05) is 39.0 Å². The standard InChI is InChI=1S/C31H31N3O7S/c1-5-40-24-12-7-6-10-23(24)33-29(36)18-41-25-14-13-21(15-26(25)39-4)16-27-30(37)34(31(38)42-27)17-28(35)32-22-11-8-9-19(2)20(22)3/h6-16H,5,17-18H2,1-4H3,(H,32,35)(H,33,36)/b27-16+. The second-order valence-electron chi connectivity index (χ2n) is 9.24. The van der Waals surface area contributed by atoms with Gasteiger partial charge in [0, 0.05) is 5.69 Å². The SMILES string of the molecule is CCOc1ccccc1NC(=O)COc1ccc(/C=C2/SC(=O)N(CC(=O)Nc3cccc(C)c3C)C2=O)cc1OC. The highest BCUT2D eigenvalue weighted by Crippen LogP contribution is 2.35. The van der Waals surface area contributed by atoms with Gasteiger partial charge >= 0.3 is 0 Å². The highest BCUT2D eigenvalue weighted by atomic mass is 32.2. The molecule has 1 aliphatic heterocycles. The summed E-state index contributed by atoms with van der Waals surface area (Å²) in [5.74, 6) is -0.215. The molecule has 0 aliphatic carbocycles. The average molecular weight is 590 g/mol. The smallest absolute Gasteiger partial charge is 0.294 e. The molecular weight excluding hydrogens is 558 g/mol. The van der Waals surface area contributed by atoms with Gasteiger partial charge in [0.2, 0.25) is 5.91 Å². The Morgan fingerprint density at radius 3 is 2.38 bits per heavy atom. The molecule has 0 radical (unpaired) electrons.